The Hall–Kier alpha value is 0.120. The van der Waals surface area contributed by atoms with Crippen molar-refractivity contribution in [1.82, 2.24) is 13.5 Å². The summed E-state index contributed by atoms with van der Waals surface area (Å²) in [6.45, 7) is 4.25. The summed E-state index contributed by atoms with van der Waals surface area (Å²) in [5, 5.41) is 0. The third kappa shape index (κ3) is 6.33. The van der Waals surface area contributed by atoms with E-state index in [0.717, 1.165) is 13.0 Å². The molecular weight excluding hydrogens is 274 g/mol. The number of hydrogen-bond acceptors (Lipinski definition) is 3. The molecule has 0 aromatic rings. The van der Waals surface area contributed by atoms with E-state index in [1.807, 2.05) is 25.9 Å². The Morgan fingerprint density at radius 3 is 2.06 bits per heavy atom. The fraction of sp³-hybridized carbons (Fsp3) is 1.00. The van der Waals surface area contributed by atoms with Gasteiger partial charge >= 0.3 is 0 Å². The SMILES string of the molecule is CCCN(CCN(C)C)S(=O)(=O)N(C)CCCCl. The predicted molar refractivity (Wildman–Crippen MR) is 77.3 cm³/mol. The first-order valence-corrected chi connectivity index (χ1v) is 8.21. The first kappa shape index (κ1) is 18.1. The van der Waals surface area contributed by atoms with E-state index in [1.165, 1.54) is 4.31 Å². The van der Waals surface area contributed by atoms with Gasteiger partial charge in [-0.1, -0.05) is 6.92 Å². The lowest BCUT2D eigenvalue weighted by atomic mass is 10.4. The van der Waals surface area contributed by atoms with Gasteiger partial charge in [0.25, 0.3) is 10.2 Å². The average Bonchev–Trinajstić information content (AvgIpc) is 2.30. The van der Waals surface area contributed by atoms with Crippen LogP contribution in [0.25, 0.3) is 0 Å². The highest BCUT2D eigenvalue weighted by atomic mass is 35.5. The molecule has 0 N–H and O–H groups in total. The van der Waals surface area contributed by atoms with Crippen molar-refractivity contribution in [3.8, 4) is 0 Å². The van der Waals surface area contributed by atoms with E-state index in [4.69, 9.17) is 11.6 Å². The number of nitrogens with zero attached hydrogens (tertiary/aromatic N) is 3. The quantitative estimate of drug-likeness (QED) is 0.567. The van der Waals surface area contributed by atoms with Crippen LogP contribution >= 0.6 is 11.6 Å². The molecule has 0 atom stereocenters. The zero-order chi connectivity index (χ0) is 14.2. The van der Waals surface area contributed by atoms with Gasteiger partial charge in [0.1, 0.15) is 0 Å². The number of halogens is 1. The molecule has 5 nitrogen and oxygen atoms in total. The van der Waals surface area contributed by atoms with Crippen molar-refractivity contribution in [3.05, 3.63) is 0 Å². The number of hydrogen-bond donors (Lipinski definition) is 0. The third-order valence-corrected chi connectivity index (χ3v) is 4.85. The van der Waals surface area contributed by atoms with Crippen LogP contribution in [0.5, 0.6) is 0 Å². The summed E-state index contributed by atoms with van der Waals surface area (Å²) >= 11 is 5.60. The Morgan fingerprint density at radius 1 is 1.00 bits per heavy atom. The van der Waals surface area contributed by atoms with Crippen molar-refractivity contribution in [2.75, 3.05) is 53.2 Å². The van der Waals surface area contributed by atoms with Gasteiger partial charge in [-0.05, 0) is 26.9 Å². The van der Waals surface area contributed by atoms with Gasteiger partial charge < -0.3 is 4.90 Å². The lowest BCUT2D eigenvalue weighted by molar-refractivity contribution is 0.312. The first-order chi connectivity index (χ1) is 8.36. The third-order valence-electron chi connectivity index (χ3n) is 2.60. The molecule has 0 saturated carbocycles. The van der Waals surface area contributed by atoms with Crippen molar-refractivity contribution in [1.29, 1.82) is 0 Å². The molecule has 0 aromatic carbocycles. The minimum absolute atomic E-state index is 0.466. The Kier molecular flexibility index (Phi) is 9.15. The molecule has 7 heteroatoms. The van der Waals surface area contributed by atoms with Gasteiger partial charge in [0.2, 0.25) is 0 Å². The normalized spacial score (nSPS) is 12.9. The highest BCUT2D eigenvalue weighted by Crippen LogP contribution is 2.08. The Labute approximate surface area is 117 Å². The van der Waals surface area contributed by atoms with Crippen molar-refractivity contribution < 1.29 is 8.42 Å². The Balaban J connectivity index is 4.63. The first-order valence-electron chi connectivity index (χ1n) is 6.28. The minimum atomic E-state index is -3.35. The van der Waals surface area contributed by atoms with Crippen LogP contribution in [-0.2, 0) is 10.2 Å². The number of rotatable bonds is 10. The van der Waals surface area contributed by atoms with E-state index >= 15 is 0 Å². The summed E-state index contributed by atoms with van der Waals surface area (Å²) in [7, 11) is 2.14. The molecule has 0 amide bonds. The second kappa shape index (κ2) is 9.09. The maximum absolute atomic E-state index is 12.3. The van der Waals surface area contributed by atoms with Gasteiger partial charge in [0.05, 0.1) is 0 Å². The van der Waals surface area contributed by atoms with Crippen LogP contribution < -0.4 is 0 Å². The van der Waals surface area contributed by atoms with Crippen LogP contribution in [0.3, 0.4) is 0 Å². The van der Waals surface area contributed by atoms with Gasteiger partial charge in [-0.3, -0.25) is 0 Å². The van der Waals surface area contributed by atoms with E-state index < -0.39 is 10.2 Å². The lowest BCUT2D eigenvalue weighted by Crippen LogP contribution is -2.45. The smallest absolute Gasteiger partial charge is 0.281 e. The maximum Gasteiger partial charge on any atom is 0.281 e. The van der Waals surface area contributed by atoms with Crippen molar-refractivity contribution in [3.63, 3.8) is 0 Å². The second-order valence-electron chi connectivity index (χ2n) is 4.57. The topological polar surface area (TPSA) is 43.9 Å². The summed E-state index contributed by atoms with van der Waals surface area (Å²) in [6, 6.07) is 0. The second-order valence-corrected chi connectivity index (χ2v) is 6.99. The predicted octanol–water partition coefficient (Wildman–Crippen LogP) is 1.07. The Bertz CT molecular complexity index is 309. The molecule has 0 rings (SSSR count). The van der Waals surface area contributed by atoms with E-state index in [-0.39, 0.29) is 0 Å². The molecule has 0 saturated heterocycles. The molecule has 0 fully saturated rings. The van der Waals surface area contributed by atoms with Crippen LogP contribution in [0, 0.1) is 0 Å². The lowest BCUT2D eigenvalue weighted by Gasteiger charge is -2.28. The van der Waals surface area contributed by atoms with E-state index in [1.54, 1.807) is 11.4 Å². The summed E-state index contributed by atoms with van der Waals surface area (Å²) in [6.07, 6.45) is 1.49. The summed E-state index contributed by atoms with van der Waals surface area (Å²) < 4.78 is 27.6. The van der Waals surface area contributed by atoms with E-state index in [9.17, 15) is 8.42 Å². The van der Waals surface area contributed by atoms with Gasteiger partial charge in [-0.15, -0.1) is 11.6 Å². The van der Waals surface area contributed by atoms with Crippen LogP contribution in [0.15, 0.2) is 0 Å². The van der Waals surface area contributed by atoms with Crippen LogP contribution in [0.4, 0.5) is 0 Å². The largest absolute Gasteiger partial charge is 0.308 e. The van der Waals surface area contributed by atoms with Crippen molar-refractivity contribution in [2.45, 2.75) is 19.8 Å². The molecule has 0 aromatic heterocycles. The average molecular weight is 300 g/mol. The molecule has 0 bridgehead atoms. The standard InChI is InChI=1S/C11H26ClN3O2S/c1-5-8-15(11-10-13(2)3)18(16,17)14(4)9-6-7-12/h5-11H2,1-4H3. The van der Waals surface area contributed by atoms with Crippen LogP contribution in [-0.4, -0.2) is 75.1 Å². The molecule has 0 aliphatic rings. The molecule has 0 radical (unpaired) electrons. The van der Waals surface area contributed by atoms with Crippen molar-refractivity contribution >= 4 is 21.8 Å². The summed E-state index contributed by atoms with van der Waals surface area (Å²) in [4.78, 5) is 1.98. The number of alkyl halides is 1. The molecule has 0 heterocycles. The monoisotopic (exact) mass is 299 g/mol. The van der Waals surface area contributed by atoms with Gasteiger partial charge in [0, 0.05) is 39.1 Å². The highest BCUT2D eigenvalue weighted by Gasteiger charge is 2.25. The van der Waals surface area contributed by atoms with E-state index in [0.29, 0.717) is 31.9 Å². The molecule has 0 aliphatic carbocycles. The van der Waals surface area contributed by atoms with Crippen molar-refractivity contribution in [2.24, 2.45) is 0 Å². The Morgan fingerprint density at radius 2 is 1.61 bits per heavy atom. The van der Waals surface area contributed by atoms with E-state index in [2.05, 4.69) is 0 Å². The van der Waals surface area contributed by atoms with Crippen LogP contribution in [0.1, 0.15) is 19.8 Å². The fourth-order valence-electron chi connectivity index (χ4n) is 1.50. The zero-order valence-corrected chi connectivity index (χ0v) is 13.5. The molecular formula is C11H26ClN3O2S. The summed E-state index contributed by atoms with van der Waals surface area (Å²) in [5.41, 5.74) is 0. The number of likely N-dealkylation sites (N-methyl/N-ethyl adjacent to an activating group) is 1. The summed E-state index contributed by atoms with van der Waals surface area (Å²) in [5.74, 6) is 0.478. The molecule has 0 spiro atoms. The fourth-order valence-corrected chi connectivity index (χ4v) is 3.10. The minimum Gasteiger partial charge on any atom is -0.308 e. The molecule has 110 valence electrons. The van der Waals surface area contributed by atoms with Gasteiger partial charge in [-0.2, -0.15) is 17.0 Å². The molecule has 18 heavy (non-hydrogen) atoms. The highest BCUT2D eigenvalue weighted by molar-refractivity contribution is 7.86. The van der Waals surface area contributed by atoms with Gasteiger partial charge in [-0.25, -0.2) is 0 Å². The maximum atomic E-state index is 12.3. The zero-order valence-electron chi connectivity index (χ0n) is 11.9. The van der Waals surface area contributed by atoms with Crippen LogP contribution in [0.2, 0.25) is 0 Å². The molecule has 0 unspecified atom stereocenters. The molecule has 0 aliphatic heterocycles. The van der Waals surface area contributed by atoms with Gasteiger partial charge in [0.15, 0.2) is 0 Å².